The number of nitrogens with one attached hydrogen (secondary N) is 1. The lowest BCUT2D eigenvalue weighted by Crippen LogP contribution is -2.16. The smallest absolute Gasteiger partial charge is 0.411 e. The molecule has 2 N–H and O–H groups in total. The van der Waals surface area contributed by atoms with Crippen molar-refractivity contribution in [1.29, 1.82) is 0 Å². The Kier molecular flexibility index (Phi) is 5.85. The Bertz CT molecular complexity index is 457. The van der Waals surface area contributed by atoms with Gasteiger partial charge in [0.05, 0.1) is 17.9 Å². The van der Waals surface area contributed by atoms with E-state index in [0.717, 1.165) is 24.8 Å². The van der Waals surface area contributed by atoms with Crippen molar-refractivity contribution >= 4 is 17.7 Å². The minimum Gasteiger partial charge on any atom is -0.478 e. The second-order valence-electron chi connectivity index (χ2n) is 4.15. The SMILES string of the molecule is CCCCOC(=O)Nc1ccc(CC)cc1C(=O)O. The summed E-state index contributed by atoms with van der Waals surface area (Å²) in [6.07, 6.45) is 1.83. The third-order valence-electron chi connectivity index (χ3n) is 2.69. The molecule has 0 aliphatic heterocycles. The third kappa shape index (κ3) is 4.62. The first kappa shape index (κ1) is 15.0. The summed E-state index contributed by atoms with van der Waals surface area (Å²) in [7, 11) is 0. The summed E-state index contributed by atoms with van der Waals surface area (Å²) < 4.78 is 4.93. The van der Waals surface area contributed by atoms with Gasteiger partial charge in [-0.3, -0.25) is 5.32 Å². The van der Waals surface area contributed by atoms with E-state index in [-0.39, 0.29) is 11.3 Å². The molecule has 0 unspecified atom stereocenters. The van der Waals surface area contributed by atoms with E-state index in [1.165, 1.54) is 0 Å². The number of hydrogen-bond donors (Lipinski definition) is 2. The number of unbranched alkanes of at least 4 members (excludes halogenated alkanes) is 1. The number of carbonyl (C=O) groups is 2. The molecule has 0 saturated heterocycles. The maximum Gasteiger partial charge on any atom is 0.411 e. The van der Waals surface area contributed by atoms with Gasteiger partial charge in [0.2, 0.25) is 0 Å². The lowest BCUT2D eigenvalue weighted by molar-refractivity contribution is 0.0698. The number of amides is 1. The quantitative estimate of drug-likeness (QED) is 0.774. The van der Waals surface area contributed by atoms with Crippen LogP contribution in [0, 0.1) is 0 Å². The van der Waals surface area contributed by atoms with Gasteiger partial charge in [-0.1, -0.05) is 26.3 Å². The van der Waals surface area contributed by atoms with Gasteiger partial charge in [0.1, 0.15) is 0 Å². The van der Waals surface area contributed by atoms with Crippen LogP contribution in [0.4, 0.5) is 10.5 Å². The number of benzene rings is 1. The minimum absolute atomic E-state index is 0.0757. The van der Waals surface area contributed by atoms with Gasteiger partial charge in [0.25, 0.3) is 0 Å². The predicted octanol–water partition coefficient (Wildman–Crippen LogP) is 3.30. The second-order valence-corrected chi connectivity index (χ2v) is 4.15. The zero-order valence-electron chi connectivity index (χ0n) is 11.2. The van der Waals surface area contributed by atoms with Gasteiger partial charge in [0.15, 0.2) is 0 Å². The van der Waals surface area contributed by atoms with Crippen molar-refractivity contribution in [3.05, 3.63) is 29.3 Å². The van der Waals surface area contributed by atoms with Crippen molar-refractivity contribution in [2.24, 2.45) is 0 Å². The first-order valence-corrected chi connectivity index (χ1v) is 6.38. The van der Waals surface area contributed by atoms with Gasteiger partial charge < -0.3 is 9.84 Å². The first-order valence-electron chi connectivity index (χ1n) is 6.38. The van der Waals surface area contributed by atoms with Crippen LogP contribution in [0.15, 0.2) is 18.2 Å². The molecule has 0 fully saturated rings. The number of anilines is 1. The minimum atomic E-state index is -1.07. The summed E-state index contributed by atoms with van der Waals surface area (Å²) >= 11 is 0. The molecule has 5 heteroatoms. The van der Waals surface area contributed by atoms with Crippen molar-refractivity contribution in [3.63, 3.8) is 0 Å². The molecule has 1 rings (SSSR count). The Hall–Kier alpha value is -2.04. The zero-order chi connectivity index (χ0) is 14.3. The average Bonchev–Trinajstić information content (AvgIpc) is 2.39. The van der Waals surface area contributed by atoms with Crippen molar-refractivity contribution < 1.29 is 19.4 Å². The molecule has 0 aliphatic carbocycles. The molecule has 5 nitrogen and oxygen atoms in total. The lowest BCUT2D eigenvalue weighted by atomic mass is 10.1. The second kappa shape index (κ2) is 7.41. The Balaban J connectivity index is 2.77. The van der Waals surface area contributed by atoms with Crippen LogP contribution in [0.1, 0.15) is 42.6 Å². The topological polar surface area (TPSA) is 75.6 Å². The number of rotatable bonds is 6. The molecule has 1 aromatic carbocycles. The van der Waals surface area contributed by atoms with Gasteiger partial charge >= 0.3 is 12.1 Å². The molecule has 0 atom stereocenters. The number of hydrogen-bond acceptors (Lipinski definition) is 3. The molecular formula is C14H19NO4. The monoisotopic (exact) mass is 265 g/mol. The number of carboxylic acids is 1. The van der Waals surface area contributed by atoms with Crippen molar-refractivity contribution in [2.75, 3.05) is 11.9 Å². The number of carboxylic acid groups (broad SMARTS) is 1. The summed E-state index contributed by atoms with van der Waals surface area (Å²) in [4.78, 5) is 22.6. The molecule has 0 bridgehead atoms. The maximum absolute atomic E-state index is 11.5. The Morgan fingerprint density at radius 3 is 2.63 bits per heavy atom. The number of ether oxygens (including phenoxy) is 1. The molecule has 0 heterocycles. The van der Waals surface area contributed by atoms with Gasteiger partial charge in [-0.05, 0) is 30.5 Å². The summed E-state index contributed by atoms with van der Waals surface area (Å²) in [5.41, 5.74) is 1.24. The average molecular weight is 265 g/mol. The van der Waals surface area contributed by atoms with Crippen LogP contribution in [0.5, 0.6) is 0 Å². The highest BCUT2D eigenvalue weighted by Gasteiger charge is 2.13. The molecule has 0 saturated carbocycles. The molecule has 104 valence electrons. The van der Waals surface area contributed by atoms with E-state index in [4.69, 9.17) is 9.84 Å². The Morgan fingerprint density at radius 1 is 1.32 bits per heavy atom. The maximum atomic E-state index is 11.5. The fraction of sp³-hybridized carbons (Fsp3) is 0.429. The molecule has 0 aromatic heterocycles. The van der Waals surface area contributed by atoms with Crippen LogP contribution in [-0.2, 0) is 11.2 Å². The van der Waals surface area contributed by atoms with Crippen LogP contribution in [0.3, 0.4) is 0 Å². The highest BCUT2D eigenvalue weighted by atomic mass is 16.5. The van der Waals surface area contributed by atoms with Crippen LogP contribution in [0.25, 0.3) is 0 Å². The highest BCUT2D eigenvalue weighted by molar-refractivity contribution is 5.98. The van der Waals surface area contributed by atoms with Gasteiger partial charge in [-0.15, -0.1) is 0 Å². The summed E-state index contributed by atoms with van der Waals surface area (Å²) in [6, 6.07) is 4.93. The fourth-order valence-corrected chi connectivity index (χ4v) is 1.55. The zero-order valence-corrected chi connectivity index (χ0v) is 11.2. The third-order valence-corrected chi connectivity index (χ3v) is 2.69. The van der Waals surface area contributed by atoms with Crippen molar-refractivity contribution in [1.82, 2.24) is 0 Å². The molecular weight excluding hydrogens is 246 g/mol. The normalized spacial score (nSPS) is 10.0. The molecule has 1 amide bonds. The van der Waals surface area contributed by atoms with E-state index < -0.39 is 12.1 Å². The van der Waals surface area contributed by atoms with E-state index in [0.29, 0.717) is 6.61 Å². The molecule has 19 heavy (non-hydrogen) atoms. The summed E-state index contributed by atoms with van der Waals surface area (Å²) in [6.45, 7) is 4.26. The van der Waals surface area contributed by atoms with Crippen LogP contribution in [-0.4, -0.2) is 23.8 Å². The van der Waals surface area contributed by atoms with E-state index in [1.54, 1.807) is 18.2 Å². The van der Waals surface area contributed by atoms with E-state index >= 15 is 0 Å². The number of carbonyl (C=O) groups excluding carboxylic acids is 1. The Morgan fingerprint density at radius 2 is 2.05 bits per heavy atom. The van der Waals surface area contributed by atoms with Crippen LogP contribution < -0.4 is 5.32 Å². The largest absolute Gasteiger partial charge is 0.478 e. The van der Waals surface area contributed by atoms with Gasteiger partial charge in [-0.25, -0.2) is 9.59 Å². The highest BCUT2D eigenvalue weighted by Crippen LogP contribution is 2.18. The molecule has 0 aliphatic rings. The molecule has 0 radical (unpaired) electrons. The van der Waals surface area contributed by atoms with Gasteiger partial charge in [0, 0.05) is 0 Å². The van der Waals surface area contributed by atoms with Crippen molar-refractivity contribution in [3.8, 4) is 0 Å². The summed E-state index contributed by atoms with van der Waals surface area (Å²) in [5.74, 6) is -1.07. The molecule has 0 spiro atoms. The number of aromatic carboxylic acids is 1. The predicted molar refractivity (Wildman–Crippen MR) is 72.7 cm³/mol. The standard InChI is InChI=1S/C14H19NO4/c1-3-5-8-19-14(18)15-12-7-6-10(4-2)9-11(12)13(16)17/h6-7,9H,3-5,8H2,1-2H3,(H,15,18)(H,16,17). The summed E-state index contributed by atoms with van der Waals surface area (Å²) in [5, 5.41) is 11.6. The Labute approximate surface area is 112 Å². The van der Waals surface area contributed by atoms with Crippen molar-refractivity contribution in [2.45, 2.75) is 33.1 Å². The first-order chi connectivity index (χ1) is 9.08. The van der Waals surface area contributed by atoms with E-state index in [1.807, 2.05) is 13.8 Å². The van der Waals surface area contributed by atoms with E-state index in [2.05, 4.69) is 5.32 Å². The van der Waals surface area contributed by atoms with Crippen LogP contribution >= 0.6 is 0 Å². The van der Waals surface area contributed by atoms with E-state index in [9.17, 15) is 9.59 Å². The lowest BCUT2D eigenvalue weighted by Gasteiger charge is -2.10. The van der Waals surface area contributed by atoms with Gasteiger partial charge in [-0.2, -0.15) is 0 Å². The van der Waals surface area contributed by atoms with Crippen LogP contribution in [0.2, 0.25) is 0 Å². The molecule has 1 aromatic rings. The number of aryl methyl sites for hydroxylation is 1. The fourth-order valence-electron chi connectivity index (χ4n) is 1.55.